The molecule has 0 amide bonds. The molecule has 3 nitrogen and oxygen atoms in total. The van der Waals surface area contributed by atoms with Crippen LogP contribution in [0.1, 0.15) is 44.5 Å². The number of aromatic nitrogens is 2. The molecule has 16 aromatic rings. The molecule has 0 radical (unpaired) electrons. The Labute approximate surface area is 504 Å². The van der Waals surface area contributed by atoms with E-state index in [1.165, 1.54) is 132 Å². The van der Waals surface area contributed by atoms with Crippen LogP contribution in [-0.4, -0.2) is 9.13 Å². The van der Waals surface area contributed by atoms with Crippen molar-refractivity contribution in [2.75, 3.05) is 4.90 Å². The molecule has 0 fully saturated rings. The van der Waals surface area contributed by atoms with Crippen LogP contribution in [0.3, 0.4) is 0 Å². The van der Waals surface area contributed by atoms with Gasteiger partial charge in [-0.2, -0.15) is 0 Å². The topological polar surface area (TPSA) is 13.1 Å². The lowest BCUT2D eigenvalue weighted by molar-refractivity contribution is 0.748. The summed E-state index contributed by atoms with van der Waals surface area (Å²) in [6, 6.07) is 121. The molecule has 404 valence electrons. The summed E-state index contributed by atoms with van der Waals surface area (Å²) in [5.74, 6) is 0. The fourth-order valence-electron chi connectivity index (χ4n) is 16.5. The molecule has 3 heterocycles. The van der Waals surface area contributed by atoms with E-state index in [1.807, 2.05) is 0 Å². The predicted octanol–water partition coefficient (Wildman–Crippen LogP) is 21.2. The average Bonchev–Trinajstić information content (AvgIpc) is 1.55. The molecule has 1 aliphatic heterocycles. The lowest BCUT2D eigenvalue weighted by atomic mass is 9.65. The second kappa shape index (κ2) is 18.1. The number of nitrogens with zero attached hydrogens (tertiary/aromatic N) is 3. The lowest BCUT2D eigenvalue weighted by Crippen LogP contribution is -2.33. The second-order valence-corrected chi connectivity index (χ2v) is 23.8. The normalized spacial score (nSPS) is 14.8. The van der Waals surface area contributed by atoms with E-state index in [4.69, 9.17) is 0 Å². The van der Waals surface area contributed by atoms with Gasteiger partial charge in [-0.25, -0.2) is 0 Å². The van der Waals surface area contributed by atoms with E-state index in [1.54, 1.807) is 0 Å². The van der Waals surface area contributed by atoms with Gasteiger partial charge in [-0.05, 0) is 144 Å². The summed E-state index contributed by atoms with van der Waals surface area (Å²) >= 11 is 0. The van der Waals surface area contributed by atoms with Gasteiger partial charge in [0.25, 0.3) is 0 Å². The first-order valence-electron chi connectivity index (χ1n) is 30.3. The highest BCUT2D eigenvalue weighted by molar-refractivity contribution is 6.16. The van der Waals surface area contributed by atoms with Crippen LogP contribution in [0.15, 0.2) is 322 Å². The third-order valence-corrected chi connectivity index (χ3v) is 19.8. The van der Waals surface area contributed by atoms with E-state index in [-0.39, 0.29) is 0 Å². The van der Waals surface area contributed by atoms with Gasteiger partial charge in [-0.3, -0.25) is 0 Å². The average molecular weight is 1100 g/mol. The van der Waals surface area contributed by atoms with Crippen molar-refractivity contribution in [2.24, 2.45) is 0 Å². The standard InChI is InChI=1S/C84H53N3/c1-4-24-56(25-5-1)83(57-26-6-2-7-27-57)68-37-16-12-34-65(68)80-63-33-11-10-30-60(63)79(53-73(80)83)86(59-49-46-54(47-50-59)55-48-51-76-67(52-55)62-32-15-19-42-74(62)85(76)58-28-8-3-9-29-58)78-45-23-40-71-81(78)66-35-13-17-38-69(66)84(71)70-39-18-21-44-77(70)87-75-43-20-14-31-61(75)64-36-22-41-72(84)82(64)87/h1-53H. The number of para-hydroxylation sites is 5. The lowest BCUT2D eigenvalue weighted by Gasteiger charge is -2.40. The summed E-state index contributed by atoms with van der Waals surface area (Å²) in [5, 5.41) is 7.42. The van der Waals surface area contributed by atoms with E-state index >= 15 is 0 Å². The molecule has 1 unspecified atom stereocenters. The molecule has 0 saturated heterocycles. The largest absolute Gasteiger partial charge is 0.309 e. The van der Waals surface area contributed by atoms with E-state index in [9.17, 15) is 0 Å². The first-order valence-corrected chi connectivity index (χ1v) is 30.3. The van der Waals surface area contributed by atoms with Gasteiger partial charge in [0.2, 0.25) is 0 Å². The van der Waals surface area contributed by atoms with Crippen LogP contribution in [0.25, 0.3) is 99.1 Å². The highest BCUT2D eigenvalue weighted by atomic mass is 15.1. The van der Waals surface area contributed by atoms with Crippen molar-refractivity contribution >= 4 is 71.4 Å². The van der Waals surface area contributed by atoms with Gasteiger partial charge in [-0.1, -0.05) is 255 Å². The SMILES string of the molecule is c1ccc(-n2c3ccccc3c3cc(-c4ccc(N(c5cccc6c5-c5ccccc5C65c6ccccc6-n6c7ccccc7c7cccc5c76)c5cc6c(c7ccccc57)-c5ccccc5C6(c5ccccc5)c5ccccc5)cc4)ccc32)cc1. The number of hydrogen-bond acceptors (Lipinski definition) is 1. The summed E-state index contributed by atoms with van der Waals surface area (Å²) in [6.45, 7) is 0. The van der Waals surface area contributed by atoms with Crippen molar-refractivity contribution in [3.8, 4) is 44.8 Å². The second-order valence-electron chi connectivity index (χ2n) is 23.8. The third kappa shape index (κ3) is 6.34. The molecule has 0 N–H and O–H groups in total. The first kappa shape index (κ1) is 48.1. The quantitative estimate of drug-likeness (QED) is 0.155. The van der Waals surface area contributed by atoms with Crippen molar-refractivity contribution in [3.05, 3.63) is 366 Å². The van der Waals surface area contributed by atoms with Crippen LogP contribution in [-0.2, 0) is 10.8 Å². The maximum Gasteiger partial charge on any atom is 0.0755 e. The molecule has 3 heteroatoms. The number of benzene rings is 14. The number of rotatable bonds is 7. The van der Waals surface area contributed by atoms with E-state index < -0.39 is 10.8 Å². The minimum Gasteiger partial charge on any atom is -0.309 e. The van der Waals surface area contributed by atoms with Crippen molar-refractivity contribution in [1.29, 1.82) is 0 Å². The van der Waals surface area contributed by atoms with E-state index in [0.29, 0.717) is 0 Å². The van der Waals surface area contributed by atoms with Crippen molar-refractivity contribution < 1.29 is 0 Å². The zero-order chi connectivity index (χ0) is 57.0. The smallest absolute Gasteiger partial charge is 0.0755 e. The molecule has 0 saturated carbocycles. The third-order valence-electron chi connectivity index (χ3n) is 19.8. The monoisotopic (exact) mass is 1100 g/mol. The number of hydrogen-bond donors (Lipinski definition) is 0. The van der Waals surface area contributed by atoms with Gasteiger partial charge in [0.1, 0.15) is 0 Å². The Bertz CT molecular complexity index is 5480. The van der Waals surface area contributed by atoms with Gasteiger partial charge in [-0.15, -0.1) is 0 Å². The Morgan fingerprint density at radius 3 is 1.49 bits per heavy atom. The van der Waals surface area contributed by atoms with Crippen LogP contribution in [0.2, 0.25) is 0 Å². The van der Waals surface area contributed by atoms with Crippen LogP contribution < -0.4 is 4.90 Å². The molecular weight excluding hydrogens is 1050 g/mol. The molecule has 3 aliphatic rings. The summed E-state index contributed by atoms with van der Waals surface area (Å²) in [6.07, 6.45) is 0. The van der Waals surface area contributed by atoms with Gasteiger partial charge in [0, 0.05) is 43.9 Å². The molecule has 2 aliphatic carbocycles. The summed E-state index contributed by atoms with van der Waals surface area (Å²) < 4.78 is 4.93. The zero-order valence-corrected chi connectivity index (χ0v) is 47.4. The molecular formula is C84H53N3. The fourth-order valence-corrected chi connectivity index (χ4v) is 16.5. The highest BCUT2D eigenvalue weighted by Gasteiger charge is 2.52. The minimum absolute atomic E-state index is 0.636. The minimum atomic E-state index is -0.641. The van der Waals surface area contributed by atoms with Crippen LogP contribution >= 0.6 is 0 Å². The number of fused-ring (bicyclic) bond motifs is 20. The van der Waals surface area contributed by atoms with Gasteiger partial charge in [0.05, 0.1) is 50.0 Å². The molecule has 19 rings (SSSR count). The van der Waals surface area contributed by atoms with Crippen LogP contribution in [0.5, 0.6) is 0 Å². The first-order chi connectivity index (χ1) is 43.2. The van der Waals surface area contributed by atoms with Gasteiger partial charge >= 0.3 is 0 Å². The molecule has 0 bridgehead atoms. The summed E-state index contributed by atoms with van der Waals surface area (Å²) in [7, 11) is 0. The van der Waals surface area contributed by atoms with Crippen LogP contribution in [0.4, 0.5) is 17.1 Å². The molecule has 1 atom stereocenters. The van der Waals surface area contributed by atoms with Gasteiger partial charge in [0.15, 0.2) is 0 Å². The Morgan fingerprint density at radius 1 is 0.264 bits per heavy atom. The van der Waals surface area contributed by atoms with Crippen molar-refractivity contribution in [2.45, 2.75) is 10.8 Å². The van der Waals surface area contributed by atoms with Crippen molar-refractivity contribution in [1.82, 2.24) is 9.13 Å². The Hall–Kier alpha value is -11.3. The predicted molar refractivity (Wildman–Crippen MR) is 361 cm³/mol. The van der Waals surface area contributed by atoms with Gasteiger partial charge < -0.3 is 14.0 Å². The molecule has 14 aromatic carbocycles. The number of anilines is 3. The maximum atomic E-state index is 2.62. The molecule has 87 heavy (non-hydrogen) atoms. The highest BCUT2D eigenvalue weighted by Crippen LogP contribution is 2.65. The Balaban J connectivity index is 0.901. The Morgan fingerprint density at radius 2 is 0.770 bits per heavy atom. The maximum absolute atomic E-state index is 2.62. The molecule has 1 spiro atoms. The fraction of sp³-hybridized carbons (Fsp3) is 0.0238. The van der Waals surface area contributed by atoms with Crippen LogP contribution in [0, 0.1) is 0 Å². The summed E-state index contributed by atoms with van der Waals surface area (Å²) in [4.78, 5) is 2.62. The van der Waals surface area contributed by atoms with E-state index in [0.717, 1.165) is 28.3 Å². The molecule has 2 aromatic heterocycles. The Kier molecular flexibility index (Phi) is 10.0. The van der Waals surface area contributed by atoms with E-state index in [2.05, 4.69) is 336 Å². The summed E-state index contributed by atoms with van der Waals surface area (Å²) in [5.41, 5.74) is 26.8. The van der Waals surface area contributed by atoms with Crippen molar-refractivity contribution in [3.63, 3.8) is 0 Å². The zero-order valence-electron chi connectivity index (χ0n) is 47.4.